The first kappa shape index (κ1) is 18.6. The van der Waals surface area contributed by atoms with E-state index in [0.29, 0.717) is 18.4 Å². The molecule has 1 aliphatic rings. The number of aliphatic hydroxyl groups is 3. The fourth-order valence-corrected chi connectivity index (χ4v) is 3.43. The Morgan fingerprint density at radius 1 is 1.15 bits per heavy atom. The third-order valence-electron chi connectivity index (χ3n) is 4.83. The van der Waals surface area contributed by atoms with Gasteiger partial charge in [0.25, 0.3) is 0 Å². The summed E-state index contributed by atoms with van der Waals surface area (Å²) in [5, 5.41) is 33.2. The van der Waals surface area contributed by atoms with E-state index < -0.39 is 23.8 Å². The Labute approximate surface area is 152 Å². The minimum absolute atomic E-state index is 0.139. The van der Waals surface area contributed by atoms with Gasteiger partial charge in [-0.15, -0.1) is 0 Å². The predicted octanol–water partition coefficient (Wildman–Crippen LogP) is 2.12. The van der Waals surface area contributed by atoms with Crippen molar-refractivity contribution in [1.82, 2.24) is 0 Å². The lowest BCUT2D eigenvalue weighted by atomic mass is 9.81. The van der Waals surface area contributed by atoms with E-state index in [1.165, 1.54) is 6.08 Å². The van der Waals surface area contributed by atoms with Crippen molar-refractivity contribution in [2.75, 3.05) is 6.61 Å². The first-order valence-electron chi connectivity index (χ1n) is 8.88. The largest absolute Gasteiger partial charge is 0.464 e. The molecule has 0 spiro atoms. The Balaban J connectivity index is 1.79. The summed E-state index contributed by atoms with van der Waals surface area (Å²) < 4.78 is 4.90. The molecule has 0 amide bonds. The van der Waals surface area contributed by atoms with Crippen LogP contribution in [0.2, 0.25) is 0 Å². The summed E-state index contributed by atoms with van der Waals surface area (Å²) in [6.07, 6.45) is -0.167. The van der Waals surface area contributed by atoms with Gasteiger partial charge in [-0.1, -0.05) is 42.5 Å². The number of aliphatic hydroxyl groups excluding tert-OH is 2. The number of ether oxygens (including phenoxy) is 1. The zero-order chi connectivity index (χ0) is 18.7. The van der Waals surface area contributed by atoms with Crippen molar-refractivity contribution in [2.45, 2.75) is 44.0 Å². The minimum atomic E-state index is -1.90. The Bertz CT molecular complexity index is 828. The van der Waals surface area contributed by atoms with E-state index in [1.807, 2.05) is 36.4 Å². The number of carbonyl (C=O) groups is 1. The van der Waals surface area contributed by atoms with Crippen LogP contribution in [0.25, 0.3) is 10.8 Å². The molecular weight excluding hydrogens is 332 g/mol. The zero-order valence-corrected chi connectivity index (χ0v) is 14.8. The number of benzene rings is 2. The summed E-state index contributed by atoms with van der Waals surface area (Å²) >= 11 is 0. The molecule has 0 fully saturated rings. The van der Waals surface area contributed by atoms with Gasteiger partial charge in [-0.25, -0.2) is 4.79 Å². The number of hydrogen-bond donors (Lipinski definition) is 3. The number of aryl methyl sites for hydroxylation is 1. The van der Waals surface area contributed by atoms with Gasteiger partial charge in [0.2, 0.25) is 0 Å². The van der Waals surface area contributed by atoms with Crippen molar-refractivity contribution in [3.8, 4) is 0 Å². The first-order valence-corrected chi connectivity index (χ1v) is 8.88. The van der Waals surface area contributed by atoms with E-state index in [-0.39, 0.29) is 13.0 Å². The van der Waals surface area contributed by atoms with E-state index in [1.54, 1.807) is 6.92 Å². The van der Waals surface area contributed by atoms with Gasteiger partial charge in [-0.3, -0.25) is 0 Å². The van der Waals surface area contributed by atoms with Gasteiger partial charge in [-0.05, 0) is 47.8 Å². The third kappa shape index (κ3) is 3.80. The van der Waals surface area contributed by atoms with E-state index in [2.05, 4.69) is 6.07 Å². The standard InChI is InChI=1S/C21H24O5/c1-2-26-20(24)21(25)12-17(19(23)18(22)13-21)10-8-14-7-9-15-5-3-4-6-16(15)11-14/h3-7,9,11-12,18-19,22-23,25H,2,8,10,13H2,1H3. The quantitative estimate of drug-likeness (QED) is 0.564. The second-order valence-electron chi connectivity index (χ2n) is 6.76. The average Bonchev–Trinajstić information content (AvgIpc) is 2.63. The second-order valence-corrected chi connectivity index (χ2v) is 6.76. The number of fused-ring (bicyclic) bond motifs is 1. The molecule has 3 N–H and O–H groups in total. The van der Waals surface area contributed by atoms with Crippen LogP contribution in [0.1, 0.15) is 25.3 Å². The molecule has 2 aromatic carbocycles. The van der Waals surface area contributed by atoms with Crippen molar-refractivity contribution in [3.63, 3.8) is 0 Å². The fraction of sp³-hybridized carbons (Fsp3) is 0.381. The number of rotatable bonds is 5. The second kappa shape index (κ2) is 7.58. The van der Waals surface area contributed by atoms with Crippen LogP contribution in [0.5, 0.6) is 0 Å². The molecule has 5 nitrogen and oxygen atoms in total. The van der Waals surface area contributed by atoms with Gasteiger partial charge in [0.1, 0.15) is 6.10 Å². The minimum Gasteiger partial charge on any atom is -0.464 e. The molecule has 138 valence electrons. The van der Waals surface area contributed by atoms with E-state index in [9.17, 15) is 20.1 Å². The molecule has 2 aromatic rings. The van der Waals surface area contributed by atoms with E-state index in [4.69, 9.17) is 4.74 Å². The van der Waals surface area contributed by atoms with Gasteiger partial charge < -0.3 is 20.1 Å². The van der Waals surface area contributed by atoms with E-state index in [0.717, 1.165) is 16.3 Å². The first-order chi connectivity index (χ1) is 12.4. The molecule has 26 heavy (non-hydrogen) atoms. The normalized spacial score (nSPS) is 25.8. The molecule has 1 aliphatic carbocycles. The highest BCUT2D eigenvalue weighted by Crippen LogP contribution is 2.31. The van der Waals surface area contributed by atoms with Crippen molar-refractivity contribution in [2.24, 2.45) is 0 Å². The van der Waals surface area contributed by atoms with Gasteiger partial charge >= 0.3 is 5.97 Å². The zero-order valence-electron chi connectivity index (χ0n) is 14.8. The van der Waals surface area contributed by atoms with Crippen LogP contribution in [0, 0.1) is 0 Å². The van der Waals surface area contributed by atoms with Gasteiger partial charge in [-0.2, -0.15) is 0 Å². The van der Waals surface area contributed by atoms with Crippen molar-refractivity contribution < 1.29 is 24.9 Å². The summed E-state index contributed by atoms with van der Waals surface area (Å²) in [5.74, 6) is -0.797. The Hall–Kier alpha value is -2.21. The van der Waals surface area contributed by atoms with Crippen LogP contribution in [-0.4, -0.2) is 45.7 Å². The lowest BCUT2D eigenvalue weighted by molar-refractivity contribution is -0.165. The molecule has 3 rings (SSSR count). The van der Waals surface area contributed by atoms with E-state index >= 15 is 0 Å². The monoisotopic (exact) mass is 356 g/mol. The molecule has 5 heteroatoms. The molecule has 0 radical (unpaired) electrons. The molecule has 0 aliphatic heterocycles. The van der Waals surface area contributed by atoms with Gasteiger partial charge in [0.15, 0.2) is 5.60 Å². The highest BCUT2D eigenvalue weighted by atomic mass is 16.5. The molecular formula is C21H24O5. The molecule has 0 saturated heterocycles. The number of hydrogen-bond acceptors (Lipinski definition) is 5. The summed E-state index contributed by atoms with van der Waals surface area (Å²) in [7, 11) is 0. The Kier molecular flexibility index (Phi) is 5.41. The topological polar surface area (TPSA) is 87.0 Å². The lowest BCUT2D eigenvalue weighted by Crippen LogP contribution is -2.49. The van der Waals surface area contributed by atoms with Crippen LogP contribution in [-0.2, 0) is 16.0 Å². The van der Waals surface area contributed by atoms with Crippen molar-refractivity contribution in [1.29, 1.82) is 0 Å². The Morgan fingerprint density at radius 2 is 1.88 bits per heavy atom. The molecule has 0 aromatic heterocycles. The number of esters is 1. The Morgan fingerprint density at radius 3 is 2.62 bits per heavy atom. The van der Waals surface area contributed by atoms with Crippen molar-refractivity contribution in [3.05, 3.63) is 59.7 Å². The summed E-state index contributed by atoms with van der Waals surface area (Å²) in [6, 6.07) is 14.2. The fourth-order valence-electron chi connectivity index (χ4n) is 3.43. The maximum atomic E-state index is 12.0. The summed E-state index contributed by atoms with van der Waals surface area (Å²) in [4.78, 5) is 12.0. The predicted molar refractivity (Wildman–Crippen MR) is 98.6 cm³/mol. The lowest BCUT2D eigenvalue weighted by Gasteiger charge is -2.34. The van der Waals surface area contributed by atoms with Crippen LogP contribution in [0.4, 0.5) is 0 Å². The third-order valence-corrected chi connectivity index (χ3v) is 4.83. The smallest absolute Gasteiger partial charge is 0.342 e. The van der Waals surface area contributed by atoms with Gasteiger partial charge in [0.05, 0.1) is 12.7 Å². The molecule has 0 heterocycles. The highest BCUT2D eigenvalue weighted by Gasteiger charge is 2.44. The van der Waals surface area contributed by atoms with Crippen LogP contribution >= 0.6 is 0 Å². The highest BCUT2D eigenvalue weighted by molar-refractivity contribution is 5.83. The maximum absolute atomic E-state index is 12.0. The van der Waals surface area contributed by atoms with Crippen LogP contribution in [0.3, 0.4) is 0 Å². The van der Waals surface area contributed by atoms with Crippen LogP contribution in [0.15, 0.2) is 54.1 Å². The van der Waals surface area contributed by atoms with Gasteiger partial charge in [0, 0.05) is 6.42 Å². The molecule has 3 unspecified atom stereocenters. The SMILES string of the molecule is CCOC(=O)C1(O)C=C(CCc2ccc3ccccc3c2)C(O)C(O)C1. The summed E-state index contributed by atoms with van der Waals surface area (Å²) in [5.41, 5.74) is -0.364. The van der Waals surface area contributed by atoms with Crippen LogP contribution < -0.4 is 0 Å². The maximum Gasteiger partial charge on any atom is 0.342 e. The molecule has 0 bridgehead atoms. The molecule has 3 atom stereocenters. The summed E-state index contributed by atoms with van der Waals surface area (Å²) in [6.45, 7) is 1.79. The average molecular weight is 356 g/mol. The van der Waals surface area contributed by atoms with Crippen molar-refractivity contribution >= 4 is 16.7 Å². The molecule has 0 saturated carbocycles. The number of carbonyl (C=O) groups excluding carboxylic acids is 1.